The number of thiocarbonyl (C=S) groups is 1. The lowest BCUT2D eigenvalue weighted by Crippen LogP contribution is -2.36. The van der Waals surface area contributed by atoms with Gasteiger partial charge >= 0.3 is 12.1 Å². The Morgan fingerprint density at radius 3 is 1.33 bits per heavy atom. The van der Waals surface area contributed by atoms with E-state index in [1.807, 2.05) is 0 Å². The summed E-state index contributed by atoms with van der Waals surface area (Å²) in [5.74, 6) is -4.83. The average molecular weight is 164 g/mol. The van der Waals surface area contributed by atoms with Crippen LogP contribution in [0.15, 0.2) is 0 Å². The van der Waals surface area contributed by atoms with Crippen molar-refractivity contribution < 1.29 is 22.0 Å². The zero-order valence-corrected chi connectivity index (χ0v) is 4.69. The lowest BCUT2D eigenvalue weighted by molar-refractivity contribution is -0.246. The maximum Gasteiger partial charge on any atom is 0.458 e. The smallest absolute Gasteiger partial charge is 0.191 e. The minimum absolute atomic E-state index is 0.604. The molecule has 6 heteroatoms. The minimum atomic E-state index is -5.55. The Bertz CT molecular complexity index is 114. The molecule has 0 aromatic heterocycles. The molecule has 0 aromatic rings. The fourth-order valence-corrected chi connectivity index (χ4v) is 0.200. The minimum Gasteiger partial charge on any atom is -0.191 e. The molecular formula is C3HF5S. The standard InChI is InChI=1S/C3HF5S/c4-2(5,1-9)3(6,7)8/h1H. The van der Waals surface area contributed by atoms with Crippen molar-refractivity contribution in [2.45, 2.75) is 12.1 Å². The highest BCUT2D eigenvalue weighted by atomic mass is 32.1. The number of hydrogen-bond acceptors (Lipinski definition) is 1. The second kappa shape index (κ2) is 2.17. The highest BCUT2D eigenvalue weighted by molar-refractivity contribution is 7.79. The summed E-state index contributed by atoms with van der Waals surface area (Å²) in [4.78, 5) is 0. The lowest BCUT2D eigenvalue weighted by Gasteiger charge is -2.13. The molecule has 0 aromatic carbocycles. The predicted molar refractivity (Wildman–Crippen MR) is 24.7 cm³/mol. The molecule has 0 aliphatic heterocycles. The Morgan fingerprint density at radius 2 is 1.33 bits per heavy atom. The van der Waals surface area contributed by atoms with Crippen molar-refractivity contribution >= 4 is 17.6 Å². The summed E-state index contributed by atoms with van der Waals surface area (Å²) in [5.41, 5.74) is 0. The Balaban J connectivity index is 4.32. The van der Waals surface area contributed by atoms with Gasteiger partial charge in [-0.15, -0.1) is 0 Å². The van der Waals surface area contributed by atoms with Crippen LogP contribution >= 0.6 is 12.2 Å². The third kappa shape index (κ3) is 1.85. The molecule has 54 valence electrons. The highest BCUT2D eigenvalue weighted by Gasteiger charge is 2.55. The predicted octanol–water partition coefficient (Wildman–Crippen LogP) is 2.18. The number of halogens is 5. The molecule has 0 aliphatic carbocycles. The molecule has 0 saturated carbocycles. The first-order valence-electron chi connectivity index (χ1n) is 1.72. The third-order valence-electron chi connectivity index (χ3n) is 0.526. The van der Waals surface area contributed by atoms with Gasteiger partial charge in [-0.2, -0.15) is 22.0 Å². The second-order valence-electron chi connectivity index (χ2n) is 1.24. The Kier molecular flexibility index (Phi) is 2.10. The van der Waals surface area contributed by atoms with Crippen molar-refractivity contribution in [2.75, 3.05) is 0 Å². The van der Waals surface area contributed by atoms with Crippen molar-refractivity contribution in [1.29, 1.82) is 0 Å². The van der Waals surface area contributed by atoms with Crippen LogP contribution in [0.1, 0.15) is 0 Å². The molecule has 0 nitrogen and oxygen atoms in total. The van der Waals surface area contributed by atoms with E-state index in [0.717, 1.165) is 0 Å². The van der Waals surface area contributed by atoms with Crippen LogP contribution in [-0.2, 0) is 0 Å². The van der Waals surface area contributed by atoms with Crippen LogP contribution in [0.5, 0.6) is 0 Å². The van der Waals surface area contributed by atoms with E-state index < -0.39 is 17.5 Å². The van der Waals surface area contributed by atoms with Crippen molar-refractivity contribution in [2.24, 2.45) is 0 Å². The van der Waals surface area contributed by atoms with E-state index >= 15 is 0 Å². The molecule has 0 spiro atoms. The molecular weight excluding hydrogens is 163 g/mol. The maximum atomic E-state index is 11.4. The SMILES string of the molecule is FC(F)(F)C(F)(F)C=S. The lowest BCUT2D eigenvalue weighted by atomic mass is 10.4. The molecule has 0 N–H and O–H groups in total. The van der Waals surface area contributed by atoms with Crippen molar-refractivity contribution in [3.05, 3.63) is 0 Å². The number of alkyl halides is 5. The zero-order chi connectivity index (χ0) is 7.71. The van der Waals surface area contributed by atoms with Crippen molar-refractivity contribution in [1.82, 2.24) is 0 Å². The van der Waals surface area contributed by atoms with E-state index in [-0.39, 0.29) is 0 Å². The molecule has 0 atom stereocenters. The van der Waals surface area contributed by atoms with Crippen LogP contribution in [0.4, 0.5) is 22.0 Å². The van der Waals surface area contributed by atoms with Crippen LogP contribution in [0.2, 0.25) is 0 Å². The van der Waals surface area contributed by atoms with Crippen molar-refractivity contribution in [3.63, 3.8) is 0 Å². The molecule has 0 radical (unpaired) electrons. The Morgan fingerprint density at radius 1 is 1.00 bits per heavy atom. The van der Waals surface area contributed by atoms with Crippen LogP contribution in [-0.4, -0.2) is 17.5 Å². The summed E-state index contributed by atoms with van der Waals surface area (Å²) in [6, 6.07) is 0. The molecule has 0 rings (SSSR count). The van der Waals surface area contributed by atoms with Gasteiger partial charge in [0.15, 0.2) is 0 Å². The number of rotatable bonds is 1. The summed E-state index contributed by atoms with van der Waals surface area (Å²) in [6.07, 6.45) is -5.55. The summed E-state index contributed by atoms with van der Waals surface area (Å²) < 4.78 is 55.7. The van der Waals surface area contributed by atoms with E-state index in [9.17, 15) is 22.0 Å². The van der Waals surface area contributed by atoms with Gasteiger partial charge < -0.3 is 0 Å². The molecule has 0 amide bonds. The monoisotopic (exact) mass is 164 g/mol. The van der Waals surface area contributed by atoms with Gasteiger partial charge in [0.2, 0.25) is 0 Å². The zero-order valence-electron chi connectivity index (χ0n) is 3.88. The first kappa shape index (κ1) is 8.74. The normalized spacial score (nSPS) is 13.4. The molecule has 0 aliphatic rings. The third-order valence-corrected chi connectivity index (χ3v) is 0.822. The summed E-state index contributed by atoms with van der Waals surface area (Å²) >= 11 is 3.44. The molecule has 0 bridgehead atoms. The summed E-state index contributed by atoms with van der Waals surface area (Å²) in [5, 5.41) is -0.604. The second-order valence-corrected chi connectivity index (χ2v) is 1.47. The summed E-state index contributed by atoms with van der Waals surface area (Å²) in [6.45, 7) is 0. The Hall–Kier alpha value is -0.260. The molecule has 0 unspecified atom stereocenters. The van der Waals surface area contributed by atoms with E-state index in [1.54, 1.807) is 0 Å². The van der Waals surface area contributed by atoms with Crippen LogP contribution in [0, 0.1) is 0 Å². The number of hydrogen-bond donors (Lipinski definition) is 0. The quantitative estimate of drug-likeness (QED) is 0.422. The topological polar surface area (TPSA) is 0 Å². The van der Waals surface area contributed by atoms with Gasteiger partial charge in [0.1, 0.15) is 0 Å². The molecule has 9 heavy (non-hydrogen) atoms. The van der Waals surface area contributed by atoms with E-state index in [0.29, 0.717) is 0 Å². The first-order chi connectivity index (χ1) is 3.81. The van der Waals surface area contributed by atoms with E-state index in [4.69, 9.17) is 0 Å². The van der Waals surface area contributed by atoms with Crippen LogP contribution in [0.3, 0.4) is 0 Å². The van der Waals surface area contributed by atoms with E-state index in [1.165, 1.54) is 0 Å². The van der Waals surface area contributed by atoms with Gasteiger partial charge in [0.25, 0.3) is 0 Å². The van der Waals surface area contributed by atoms with Crippen LogP contribution in [0.25, 0.3) is 0 Å². The average Bonchev–Trinajstić information content (AvgIpc) is 1.64. The first-order valence-corrected chi connectivity index (χ1v) is 2.19. The largest absolute Gasteiger partial charge is 0.458 e. The fraction of sp³-hybridized carbons (Fsp3) is 0.667. The Labute approximate surface area is 52.7 Å². The van der Waals surface area contributed by atoms with Gasteiger partial charge in [0.05, 0.1) is 5.37 Å². The van der Waals surface area contributed by atoms with Gasteiger partial charge in [-0.1, -0.05) is 12.2 Å². The van der Waals surface area contributed by atoms with Gasteiger partial charge in [-0.05, 0) is 0 Å². The highest BCUT2D eigenvalue weighted by Crippen LogP contribution is 2.33. The fourth-order valence-electron chi connectivity index (χ4n) is 0.0668. The van der Waals surface area contributed by atoms with Gasteiger partial charge in [0, 0.05) is 0 Å². The van der Waals surface area contributed by atoms with Crippen molar-refractivity contribution in [3.8, 4) is 0 Å². The van der Waals surface area contributed by atoms with Gasteiger partial charge in [-0.3, -0.25) is 0 Å². The summed E-state index contributed by atoms with van der Waals surface area (Å²) in [7, 11) is 0. The van der Waals surface area contributed by atoms with Gasteiger partial charge in [-0.25, -0.2) is 0 Å². The molecule has 0 fully saturated rings. The maximum absolute atomic E-state index is 11.4. The van der Waals surface area contributed by atoms with Crippen LogP contribution < -0.4 is 0 Å². The molecule has 0 saturated heterocycles. The molecule has 0 heterocycles. The van der Waals surface area contributed by atoms with E-state index in [2.05, 4.69) is 12.2 Å².